The van der Waals surface area contributed by atoms with Gasteiger partial charge in [-0.2, -0.15) is 0 Å². The Morgan fingerprint density at radius 2 is 1.33 bits per heavy atom. The van der Waals surface area contributed by atoms with Gasteiger partial charge in [-0.1, -0.05) is 42.4 Å². The van der Waals surface area contributed by atoms with Crippen LogP contribution in [0.2, 0.25) is 0 Å². The highest BCUT2D eigenvalue weighted by molar-refractivity contribution is 6.53. The molecule has 2 atom stereocenters. The van der Waals surface area contributed by atoms with Crippen molar-refractivity contribution in [3.05, 3.63) is 41.9 Å². The summed E-state index contributed by atoms with van der Waals surface area (Å²) in [6.07, 6.45) is -0.581. The Bertz CT molecular complexity index is 651. The third-order valence-corrected chi connectivity index (χ3v) is 3.36. The van der Waals surface area contributed by atoms with Gasteiger partial charge in [-0.05, 0) is 47.1 Å². The van der Waals surface area contributed by atoms with Gasteiger partial charge in [-0.25, -0.2) is 9.59 Å². The Morgan fingerprint density at radius 3 is 1.74 bits per heavy atom. The zero-order valence-electron chi connectivity index (χ0n) is 16.7. The molecule has 0 unspecified atom stereocenters. The number of esters is 2. The minimum Gasteiger partial charge on any atom is -0.458 e. The van der Waals surface area contributed by atoms with Gasteiger partial charge in [0, 0.05) is 0 Å². The molecule has 0 N–H and O–H groups in total. The first-order chi connectivity index (χ1) is 12.4. The maximum Gasteiger partial charge on any atom is 0.487 e. The van der Waals surface area contributed by atoms with Crippen molar-refractivity contribution < 1.29 is 28.4 Å². The highest BCUT2D eigenvalue weighted by Crippen LogP contribution is 2.24. The van der Waals surface area contributed by atoms with E-state index in [-0.39, 0.29) is 0 Å². The van der Waals surface area contributed by atoms with Gasteiger partial charge in [0.1, 0.15) is 11.2 Å². The number of benzene rings is 1. The zero-order valence-corrected chi connectivity index (χ0v) is 16.7. The van der Waals surface area contributed by atoms with Crippen LogP contribution < -0.4 is 0 Å². The molecule has 0 radical (unpaired) electrons. The summed E-state index contributed by atoms with van der Waals surface area (Å²) in [4.78, 5) is 25.0. The Balaban J connectivity index is 2.16. The van der Waals surface area contributed by atoms with Crippen LogP contribution in [-0.2, 0) is 28.4 Å². The molecule has 1 aliphatic rings. The summed E-state index contributed by atoms with van der Waals surface area (Å²) in [5, 5.41) is 0. The predicted octanol–water partition coefficient (Wildman–Crippen LogP) is 3.19. The van der Waals surface area contributed by atoms with E-state index in [0.717, 1.165) is 5.56 Å². The molecule has 0 saturated carbocycles. The predicted molar refractivity (Wildman–Crippen MR) is 103 cm³/mol. The molecule has 1 heterocycles. The second-order valence-corrected chi connectivity index (χ2v) is 8.32. The summed E-state index contributed by atoms with van der Waals surface area (Å²) < 4.78 is 22.0. The topological polar surface area (TPSA) is 71.1 Å². The molecule has 27 heavy (non-hydrogen) atoms. The van der Waals surface area contributed by atoms with Gasteiger partial charge in [0.25, 0.3) is 0 Å². The van der Waals surface area contributed by atoms with E-state index in [1.807, 2.05) is 30.3 Å². The van der Waals surface area contributed by atoms with E-state index < -0.39 is 42.5 Å². The first kappa shape index (κ1) is 21.2. The summed E-state index contributed by atoms with van der Waals surface area (Å²) in [5.74, 6) is 0.333. The second-order valence-electron chi connectivity index (χ2n) is 8.32. The molecule has 0 spiro atoms. The van der Waals surface area contributed by atoms with E-state index in [1.54, 1.807) is 53.6 Å². The van der Waals surface area contributed by atoms with Gasteiger partial charge >= 0.3 is 19.1 Å². The molecule has 6 nitrogen and oxygen atoms in total. The highest BCUT2D eigenvalue weighted by Gasteiger charge is 2.49. The fourth-order valence-electron chi connectivity index (χ4n) is 2.39. The summed E-state index contributed by atoms with van der Waals surface area (Å²) >= 11 is 0. The van der Waals surface area contributed by atoms with Gasteiger partial charge < -0.3 is 18.8 Å². The van der Waals surface area contributed by atoms with Crippen molar-refractivity contribution >= 4 is 25.1 Å². The highest BCUT2D eigenvalue weighted by atomic mass is 16.7. The molecular weight excluding hydrogens is 347 g/mol. The molecule has 1 saturated heterocycles. The molecule has 146 valence electrons. The van der Waals surface area contributed by atoms with Crippen molar-refractivity contribution in [2.24, 2.45) is 0 Å². The SMILES string of the molecule is CC(C)(C)OC(=O)[C@H]1OB(/C=C/c2ccccc2)O[C@@H]1C(=O)OC(C)(C)C. The van der Waals surface area contributed by atoms with Crippen LogP contribution in [0.5, 0.6) is 0 Å². The van der Waals surface area contributed by atoms with Crippen LogP contribution in [0.3, 0.4) is 0 Å². The second kappa shape index (κ2) is 8.27. The van der Waals surface area contributed by atoms with Crippen LogP contribution in [0, 0.1) is 0 Å². The Kier molecular flexibility index (Phi) is 6.49. The molecule has 1 fully saturated rings. The van der Waals surface area contributed by atoms with Gasteiger partial charge in [0.2, 0.25) is 0 Å². The molecular formula is C20H27BO6. The fourth-order valence-corrected chi connectivity index (χ4v) is 2.39. The summed E-state index contributed by atoms with van der Waals surface area (Å²) in [5.41, 5.74) is -0.479. The van der Waals surface area contributed by atoms with E-state index >= 15 is 0 Å². The van der Waals surface area contributed by atoms with Gasteiger partial charge in [0.15, 0.2) is 12.2 Å². The van der Waals surface area contributed by atoms with Crippen molar-refractivity contribution in [2.75, 3.05) is 0 Å². The zero-order chi connectivity index (χ0) is 20.2. The van der Waals surface area contributed by atoms with E-state index in [4.69, 9.17) is 18.8 Å². The molecule has 1 aromatic carbocycles. The molecule has 1 aliphatic heterocycles. The Morgan fingerprint density at radius 1 is 0.889 bits per heavy atom. The quantitative estimate of drug-likeness (QED) is 0.596. The molecule has 0 bridgehead atoms. The minimum absolute atomic E-state index is 0.658. The molecule has 2 rings (SSSR count). The number of carbonyl (C=O) groups excluding carboxylic acids is 2. The normalized spacial score (nSPS) is 20.7. The number of ether oxygens (including phenoxy) is 2. The molecule has 0 aliphatic carbocycles. The standard InChI is InChI=1S/C20H27BO6/c1-19(2,3)24-17(22)15-16(18(23)25-20(4,5)6)27-21(26-15)13-12-14-10-8-7-9-11-14/h7-13,15-16H,1-6H3/b13-12+/t15-,16-/m0/s1. The van der Waals surface area contributed by atoms with Crippen molar-refractivity contribution in [3.63, 3.8) is 0 Å². The number of rotatable bonds is 4. The van der Waals surface area contributed by atoms with Crippen LogP contribution in [-0.4, -0.2) is 42.5 Å². The number of hydrogen-bond donors (Lipinski definition) is 0. The monoisotopic (exact) mass is 374 g/mol. The summed E-state index contributed by atoms with van der Waals surface area (Å²) in [7, 11) is -0.861. The van der Waals surface area contributed by atoms with Crippen LogP contribution in [0.4, 0.5) is 0 Å². The lowest BCUT2D eigenvalue weighted by molar-refractivity contribution is -0.175. The van der Waals surface area contributed by atoms with Crippen LogP contribution in [0.15, 0.2) is 36.3 Å². The lowest BCUT2D eigenvalue weighted by Crippen LogP contribution is -2.43. The van der Waals surface area contributed by atoms with E-state index in [2.05, 4.69) is 0 Å². The Labute approximate surface area is 161 Å². The molecule has 0 amide bonds. The van der Waals surface area contributed by atoms with E-state index in [1.165, 1.54) is 0 Å². The van der Waals surface area contributed by atoms with Gasteiger partial charge in [-0.15, -0.1) is 0 Å². The average Bonchev–Trinajstić information content (AvgIpc) is 2.95. The maximum absolute atomic E-state index is 12.5. The molecule has 0 aromatic heterocycles. The van der Waals surface area contributed by atoms with Crippen LogP contribution >= 0.6 is 0 Å². The number of hydrogen-bond acceptors (Lipinski definition) is 6. The van der Waals surface area contributed by atoms with Crippen molar-refractivity contribution in [1.82, 2.24) is 0 Å². The largest absolute Gasteiger partial charge is 0.487 e. The third kappa shape index (κ3) is 6.84. The average molecular weight is 374 g/mol. The Hall–Kier alpha value is -2.12. The first-order valence-electron chi connectivity index (χ1n) is 8.94. The molecule has 1 aromatic rings. The van der Waals surface area contributed by atoms with Crippen molar-refractivity contribution in [3.8, 4) is 0 Å². The summed E-state index contributed by atoms with van der Waals surface area (Å²) in [6, 6.07) is 9.56. The fraction of sp³-hybridized carbons (Fsp3) is 0.500. The maximum atomic E-state index is 12.5. The van der Waals surface area contributed by atoms with Crippen LogP contribution in [0.1, 0.15) is 47.1 Å². The van der Waals surface area contributed by atoms with Gasteiger partial charge in [-0.3, -0.25) is 0 Å². The van der Waals surface area contributed by atoms with Gasteiger partial charge in [0.05, 0.1) is 0 Å². The first-order valence-corrected chi connectivity index (χ1v) is 8.94. The lowest BCUT2D eigenvalue weighted by atomic mass is 9.89. The minimum atomic E-state index is -1.19. The van der Waals surface area contributed by atoms with E-state index in [9.17, 15) is 9.59 Å². The van der Waals surface area contributed by atoms with E-state index in [0.29, 0.717) is 0 Å². The van der Waals surface area contributed by atoms with Crippen molar-refractivity contribution in [2.45, 2.75) is 65.0 Å². The van der Waals surface area contributed by atoms with Crippen molar-refractivity contribution in [1.29, 1.82) is 0 Å². The number of carbonyl (C=O) groups is 2. The lowest BCUT2D eigenvalue weighted by Gasteiger charge is -2.25. The smallest absolute Gasteiger partial charge is 0.458 e. The summed E-state index contributed by atoms with van der Waals surface area (Å²) in [6.45, 7) is 10.5. The van der Waals surface area contributed by atoms with Crippen LogP contribution in [0.25, 0.3) is 6.08 Å². The molecule has 7 heteroatoms. The third-order valence-electron chi connectivity index (χ3n) is 3.36.